The van der Waals surface area contributed by atoms with Gasteiger partial charge in [0, 0.05) is 42.3 Å². The molecule has 1 fully saturated rings. The number of ether oxygens (including phenoxy) is 2. The minimum atomic E-state index is -0.524. The highest BCUT2D eigenvalue weighted by Gasteiger charge is 2.27. The third-order valence-electron chi connectivity index (χ3n) is 4.51. The number of benzene rings is 1. The van der Waals surface area contributed by atoms with Crippen LogP contribution in [0.3, 0.4) is 0 Å². The number of rotatable bonds is 3. The molecule has 2 aromatic rings. The van der Waals surface area contributed by atoms with Gasteiger partial charge in [-0.05, 0) is 52.0 Å². The molecular formula is C21H26ClN3O4. The first-order valence-electron chi connectivity index (χ1n) is 9.68. The van der Waals surface area contributed by atoms with Crippen molar-refractivity contribution in [3.63, 3.8) is 0 Å². The number of esters is 1. The lowest BCUT2D eigenvalue weighted by molar-refractivity contribution is 0.0240. The Morgan fingerprint density at radius 1 is 1.14 bits per heavy atom. The van der Waals surface area contributed by atoms with Gasteiger partial charge in [0.25, 0.3) is 0 Å². The van der Waals surface area contributed by atoms with Crippen LogP contribution >= 0.6 is 11.6 Å². The predicted octanol–water partition coefficient (Wildman–Crippen LogP) is 4.12. The first-order valence-corrected chi connectivity index (χ1v) is 10.1. The van der Waals surface area contributed by atoms with E-state index in [4.69, 9.17) is 21.1 Å². The van der Waals surface area contributed by atoms with Crippen LogP contribution in [-0.4, -0.2) is 60.3 Å². The number of anilines is 1. The molecular weight excluding hydrogens is 394 g/mol. The lowest BCUT2D eigenvalue weighted by atomic mass is 10.1. The van der Waals surface area contributed by atoms with Gasteiger partial charge < -0.3 is 19.3 Å². The first kappa shape index (κ1) is 21.2. The second kappa shape index (κ2) is 8.45. The molecule has 0 N–H and O–H groups in total. The topological polar surface area (TPSA) is 72.0 Å². The van der Waals surface area contributed by atoms with E-state index in [2.05, 4.69) is 9.88 Å². The molecule has 0 unspecified atom stereocenters. The molecule has 0 radical (unpaired) electrons. The molecule has 1 aliphatic heterocycles. The number of piperazine rings is 1. The molecule has 0 bridgehead atoms. The Labute approximate surface area is 175 Å². The van der Waals surface area contributed by atoms with E-state index in [9.17, 15) is 9.59 Å². The van der Waals surface area contributed by atoms with Crippen molar-refractivity contribution in [3.05, 3.63) is 35.0 Å². The number of pyridine rings is 1. The molecule has 1 aromatic heterocycles. The number of hydrogen-bond acceptors (Lipinski definition) is 6. The van der Waals surface area contributed by atoms with Crippen molar-refractivity contribution < 1.29 is 19.1 Å². The molecule has 0 spiro atoms. The number of aromatic nitrogens is 1. The number of carbonyl (C=O) groups excluding carboxylic acids is 2. The Balaban J connectivity index is 1.86. The Morgan fingerprint density at radius 2 is 1.83 bits per heavy atom. The number of nitrogens with zero attached hydrogens (tertiary/aromatic N) is 3. The molecule has 0 atom stereocenters. The van der Waals surface area contributed by atoms with Crippen LogP contribution < -0.4 is 4.90 Å². The highest BCUT2D eigenvalue weighted by Crippen LogP contribution is 2.30. The van der Waals surface area contributed by atoms with E-state index in [0.717, 1.165) is 11.1 Å². The van der Waals surface area contributed by atoms with Gasteiger partial charge in [-0.3, -0.25) is 0 Å². The second-order valence-corrected chi connectivity index (χ2v) is 8.30. The second-order valence-electron chi connectivity index (χ2n) is 7.86. The lowest BCUT2D eigenvalue weighted by Crippen LogP contribution is -2.50. The average Bonchev–Trinajstić information content (AvgIpc) is 2.65. The standard InChI is InChI=1S/C21H26ClN3O4/c1-5-28-19(26)17-13-18(15-7-6-14(22)12-16(15)23-17)24-8-10-25(11-9-24)20(27)29-21(2,3)4/h6-7,12-13H,5,8-11H2,1-4H3. The molecule has 0 aliphatic carbocycles. The summed E-state index contributed by atoms with van der Waals surface area (Å²) in [6, 6.07) is 7.18. The summed E-state index contributed by atoms with van der Waals surface area (Å²) >= 11 is 6.13. The monoisotopic (exact) mass is 419 g/mol. The zero-order chi connectivity index (χ0) is 21.2. The maximum absolute atomic E-state index is 12.3. The van der Waals surface area contributed by atoms with Gasteiger partial charge in [0.15, 0.2) is 5.69 Å². The fourth-order valence-electron chi connectivity index (χ4n) is 3.21. The quantitative estimate of drug-likeness (QED) is 0.697. The zero-order valence-electron chi connectivity index (χ0n) is 17.2. The number of hydrogen-bond donors (Lipinski definition) is 0. The van der Waals surface area contributed by atoms with Crippen molar-refractivity contribution in [1.29, 1.82) is 0 Å². The molecule has 8 heteroatoms. The van der Waals surface area contributed by atoms with E-state index < -0.39 is 11.6 Å². The van der Waals surface area contributed by atoms with E-state index in [-0.39, 0.29) is 18.4 Å². The zero-order valence-corrected chi connectivity index (χ0v) is 18.0. The Kier molecular flexibility index (Phi) is 6.17. The fourth-order valence-corrected chi connectivity index (χ4v) is 3.38. The number of halogens is 1. The van der Waals surface area contributed by atoms with Crippen molar-refractivity contribution in [2.45, 2.75) is 33.3 Å². The van der Waals surface area contributed by atoms with E-state index in [1.807, 2.05) is 26.8 Å². The Morgan fingerprint density at radius 3 is 2.45 bits per heavy atom. The van der Waals surface area contributed by atoms with Crippen molar-refractivity contribution in [2.75, 3.05) is 37.7 Å². The minimum Gasteiger partial charge on any atom is -0.461 e. The molecule has 2 heterocycles. The maximum Gasteiger partial charge on any atom is 0.410 e. The lowest BCUT2D eigenvalue weighted by Gasteiger charge is -2.37. The SMILES string of the molecule is CCOC(=O)c1cc(N2CCN(C(=O)OC(C)(C)C)CC2)c2ccc(Cl)cc2n1. The van der Waals surface area contributed by atoms with Crippen LogP contribution in [0.15, 0.2) is 24.3 Å². The fraction of sp³-hybridized carbons (Fsp3) is 0.476. The van der Waals surface area contributed by atoms with Crippen molar-refractivity contribution in [1.82, 2.24) is 9.88 Å². The van der Waals surface area contributed by atoms with Gasteiger partial charge in [-0.25, -0.2) is 14.6 Å². The van der Waals surface area contributed by atoms with Crippen LogP contribution in [0.4, 0.5) is 10.5 Å². The minimum absolute atomic E-state index is 0.242. The molecule has 1 aliphatic rings. The molecule has 1 aromatic carbocycles. The molecule has 1 saturated heterocycles. The van der Waals surface area contributed by atoms with Crippen LogP contribution in [0.5, 0.6) is 0 Å². The van der Waals surface area contributed by atoms with Crippen molar-refractivity contribution in [2.24, 2.45) is 0 Å². The van der Waals surface area contributed by atoms with E-state index in [1.54, 1.807) is 30.0 Å². The Hall–Kier alpha value is -2.54. The van der Waals surface area contributed by atoms with Crippen LogP contribution in [0.2, 0.25) is 5.02 Å². The van der Waals surface area contributed by atoms with Crippen molar-refractivity contribution >= 4 is 40.3 Å². The van der Waals surface area contributed by atoms with E-state index >= 15 is 0 Å². The van der Waals surface area contributed by atoms with Crippen LogP contribution in [0, 0.1) is 0 Å². The van der Waals surface area contributed by atoms with Crippen molar-refractivity contribution in [3.8, 4) is 0 Å². The molecule has 156 valence electrons. The van der Waals surface area contributed by atoms with Crippen LogP contribution in [0.1, 0.15) is 38.2 Å². The number of fused-ring (bicyclic) bond motifs is 1. The van der Waals surface area contributed by atoms with E-state index in [1.165, 1.54) is 0 Å². The summed E-state index contributed by atoms with van der Waals surface area (Å²) in [7, 11) is 0. The third-order valence-corrected chi connectivity index (χ3v) is 4.74. The van der Waals surface area contributed by atoms with E-state index in [0.29, 0.717) is 36.7 Å². The summed E-state index contributed by atoms with van der Waals surface area (Å²) in [5.74, 6) is -0.469. The third kappa shape index (κ3) is 5.09. The molecule has 1 amide bonds. The summed E-state index contributed by atoms with van der Waals surface area (Å²) in [5.41, 5.74) is 1.22. The normalized spacial score (nSPS) is 14.8. The largest absolute Gasteiger partial charge is 0.461 e. The summed E-state index contributed by atoms with van der Waals surface area (Å²) in [4.78, 5) is 32.9. The first-order chi connectivity index (χ1) is 13.7. The molecule has 7 nitrogen and oxygen atoms in total. The molecule has 29 heavy (non-hydrogen) atoms. The van der Waals surface area contributed by atoms with Crippen LogP contribution in [-0.2, 0) is 9.47 Å². The maximum atomic E-state index is 12.3. The average molecular weight is 420 g/mol. The highest BCUT2D eigenvalue weighted by atomic mass is 35.5. The van der Waals surface area contributed by atoms with Gasteiger partial charge in [0.05, 0.1) is 12.1 Å². The molecule has 3 rings (SSSR count). The highest BCUT2D eigenvalue weighted by molar-refractivity contribution is 6.31. The van der Waals surface area contributed by atoms with Gasteiger partial charge in [-0.1, -0.05) is 11.6 Å². The van der Waals surface area contributed by atoms with Gasteiger partial charge in [0.2, 0.25) is 0 Å². The summed E-state index contributed by atoms with van der Waals surface area (Å²) < 4.78 is 10.6. The van der Waals surface area contributed by atoms with Crippen LogP contribution in [0.25, 0.3) is 10.9 Å². The van der Waals surface area contributed by atoms with Gasteiger partial charge in [-0.2, -0.15) is 0 Å². The number of carbonyl (C=O) groups is 2. The summed E-state index contributed by atoms with van der Waals surface area (Å²) in [5, 5.41) is 1.44. The van der Waals surface area contributed by atoms with Gasteiger partial charge >= 0.3 is 12.1 Å². The molecule has 0 saturated carbocycles. The predicted molar refractivity (Wildman–Crippen MR) is 113 cm³/mol. The number of amides is 1. The van der Waals surface area contributed by atoms with Gasteiger partial charge in [-0.15, -0.1) is 0 Å². The summed E-state index contributed by atoms with van der Waals surface area (Å²) in [6.07, 6.45) is -0.310. The smallest absolute Gasteiger partial charge is 0.410 e. The Bertz CT molecular complexity index is 918. The van der Waals surface area contributed by atoms with Gasteiger partial charge in [0.1, 0.15) is 5.60 Å². The summed E-state index contributed by atoms with van der Waals surface area (Å²) in [6.45, 7) is 9.88.